The molecule has 0 amide bonds. The lowest BCUT2D eigenvalue weighted by Gasteiger charge is -2.34. The molecule has 1 aromatic heterocycles. The Kier molecular flexibility index (Phi) is 3.99. The molecule has 0 aliphatic carbocycles. The molecule has 0 radical (unpaired) electrons. The average Bonchev–Trinajstić information content (AvgIpc) is 2.95. The van der Waals surface area contributed by atoms with Crippen molar-refractivity contribution in [3.8, 4) is 0 Å². The highest BCUT2D eigenvalue weighted by Gasteiger charge is 2.23. The topological polar surface area (TPSA) is 72.3 Å². The molecule has 0 saturated carbocycles. The van der Waals surface area contributed by atoms with Gasteiger partial charge in [-0.25, -0.2) is 0 Å². The van der Waals surface area contributed by atoms with E-state index >= 15 is 0 Å². The maximum atomic E-state index is 11.0. The number of H-pyrrole nitrogens is 1. The van der Waals surface area contributed by atoms with Gasteiger partial charge >= 0.3 is 0 Å². The molecule has 2 N–H and O–H groups in total. The van der Waals surface area contributed by atoms with Crippen molar-refractivity contribution in [1.82, 2.24) is 9.88 Å². The number of carbonyl (C=O) groups is 1. The van der Waals surface area contributed by atoms with Crippen molar-refractivity contribution in [2.75, 3.05) is 13.1 Å². The number of fused-ring (bicyclic) bond motifs is 1. The average molecular weight is 284 g/mol. The zero-order valence-electron chi connectivity index (χ0n) is 12.0. The lowest BCUT2D eigenvalue weighted by molar-refractivity contribution is -0.112. The van der Waals surface area contributed by atoms with E-state index in [9.17, 15) is 4.79 Å². The predicted octanol–water partition coefficient (Wildman–Crippen LogP) is 2.13. The van der Waals surface area contributed by atoms with Crippen LogP contribution in [0.15, 0.2) is 29.0 Å². The van der Waals surface area contributed by atoms with Crippen LogP contribution in [-0.4, -0.2) is 41.7 Å². The summed E-state index contributed by atoms with van der Waals surface area (Å²) in [7, 11) is 0. The molecule has 110 valence electrons. The first-order chi connectivity index (χ1) is 10.3. The maximum absolute atomic E-state index is 11.0. The van der Waals surface area contributed by atoms with Gasteiger partial charge < -0.3 is 20.1 Å². The number of carbonyl (C=O) groups excluding carboxylic acids is 1. The number of aldehydes is 1. The van der Waals surface area contributed by atoms with Crippen molar-refractivity contribution >= 4 is 18.7 Å². The van der Waals surface area contributed by atoms with Crippen molar-refractivity contribution in [3.05, 3.63) is 35.3 Å². The molecule has 1 aromatic rings. The first-order valence-electron chi connectivity index (χ1n) is 7.41. The van der Waals surface area contributed by atoms with Crippen molar-refractivity contribution in [3.63, 3.8) is 0 Å². The standard InChI is InChI=1S/C16H20N4O/c17-9-15-16-13(3-5-19-16)8-14(4-6-18-15)20-7-1-2-12(10-20)11-21/h3-6,9,11-12,15,17,19H,1-2,7-8,10H2/b14-4+,17-9?,18-6?. The van der Waals surface area contributed by atoms with Gasteiger partial charge in [0.25, 0.3) is 0 Å². The van der Waals surface area contributed by atoms with E-state index in [0.29, 0.717) is 0 Å². The third-order valence-corrected chi connectivity index (χ3v) is 4.26. The molecule has 2 aliphatic heterocycles. The van der Waals surface area contributed by atoms with E-state index in [1.807, 2.05) is 12.3 Å². The first-order valence-corrected chi connectivity index (χ1v) is 7.41. The molecule has 0 spiro atoms. The second kappa shape index (κ2) is 6.08. The van der Waals surface area contributed by atoms with Crippen LogP contribution in [-0.2, 0) is 11.2 Å². The Morgan fingerprint density at radius 3 is 3.19 bits per heavy atom. The van der Waals surface area contributed by atoms with Crippen molar-refractivity contribution < 1.29 is 4.79 Å². The summed E-state index contributed by atoms with van der Waals surface area (Å²) in [5.74, 6) is 0.141. The van der Waals surface area contributed by atoms with Gasteiger partial charge in [-0.15, -0.1) is 0 Å². The fourth-order valence-corrected chi connectivity index (χ4v) is 3.12. The van der Waals surface area contributed by atoms with Crippen LogP contribution in [0.3, 0.4) is 0 Å². The van der Waals surface area contributed by atoms with Crippen LogP contribution in [0.5, 0.6) is 0 Å². The van der Waals surface area contributed by atoms with E-state index in [1.54, 1.807) is 6.21 Å². The highest BCUT2D eigenvalue weighted by Crippen LogP contribution is 2.26. The summed E-state index contributed by atoms with van der Waals surface area (Å²) in [6.07, 6.45) is 11.0. The number of piperidine rings is 1. The molecule has 3 heterocycles. The van der Waals surface area contributed by atoms with Gasteiger partial charge in [0.2, 0.25) is 0 Å². The number of aromatic nitrogens is 1. The minimum Gasteiger partial charge on any atom is -0.374 e. The summed E-state index contributed by atoms with van der Waals surface area (Å²) in [6.45, 7) is 1.80. The zero-order valence-corrected chi connectivity index (χ0v) is 12.0. The summed E-state index contributed by atoms with van der Waals surface area (Å²) >= 11 is 0. The van der Waals surface area contributed by atoms with E-state index in [1.165, 1.54) is 17.5 Å². The quantitative estimate of drug-likeness (QED) is 0.659. The van der Waals surface area contributed by atoms with E-state index in [0.717, 1.165) is 44.3 Å². The van der Waals surface area contributed by atoms with E-state index < -0.39 is 0 Å². The summed E-state index contributed by atoms with van der Waals surface area (Å²) in [5.41, 5.74) is 3.38. The monoisotopic (exact) mass is 284 g/mol. The Balaban J connectivity index is 1.87. The normalized spacial score (nSPS) is 28.0. The van der Waals surface area contributed by atoms with Crippen LogP contribution in [0.25, 0.3) is 0 Å². The third-order valence-electron chi connectivity index (χ3n) is 4.26. The Hall–Kier alpha value is -2.17. The molecule has 1 fully saturated rings. The Bertz CT molecular complexity index is 587. The van der Waals surface area contributed by atoms with Crippen LogP contribution in [0.2, 0.25) is 0 Å². The van der Waals surface area contributed by atoms with E-state index in [-0.39, 0.29) is 12.0 Å². The number of allylic oxidation sites excluding steroid dienone is 2. The molecule has 1 saturated heterocycles. The fourth-order valence-electron chi connectivity index (χ4n) is 3.12. The number of hydrogen-bond acceptors (Lipinski definition) is 4. The lowest BCUT2D eigenvalue weighted by Crippen LogP contribution is -2.36. The van der Waals surface area contributed by atoms with Crippen molar-refractivity contribution in [2.24, 2.45) is 10.9 Å². The predicted molar refractivity (Wildman–Crippen MR) is 83.0 cm³/mol. The molecular formula is C16H20N4O. The van der Waals surface area contributed by atoms with Crippen molar-refractivity contribution in [1.29, 1.82) is 5.41 Å². The second-order valence-electron chi connectivity index (χ2n) is 5.65. The molecule has 2 unspecified atom stereocenters. The number of rotatable bonds is 3. The number of hydrogen-bond donors (Lipinski definition) is 2. The highest BCUT2D eigenvalue weighted by molar-refractivity contribution is 5.77. The van der Waals surface area contributed by atoms with Crippen LogP contribution in [0.1, 0.15) is 30.1 Å². The highest BCUT2D eigenvalue weighted by atomic mass is 16.1. The molecule has 5 heteroatoms. The Labute approximate surface area is 124 Å². The van der Waals surface area contributed by atoms with Gasteiger partial charge in [-0.1, -0.05) is 0 Å². The minimum absolute atomic E-state index is 0.141. The molecule has 0 aromatic carbocycles. The summed E-state index contributed by atoms with van der Waals surface area (Å²) in [5, 5.41) is 7.50. The number of nitrogens with zero attached hydrogens (tertiary/aromatic N) is 2. The van der Waals surface area contributed by atoms with Gasteiger partial charge in [-0.05, 0) is 30.5 Å². The number of aliphatic imine (C=N–C) groups is 1. The lowest BCUT2D eigenvalue weighted by atomic mass is 9.97. The number of aromatic amines is 1. The first kappa shape index (κ1) is 13.8. The van der Waals surface area contributed by atoms with Crippen LogP contribution in [0.4, 0.5) is 0 Å². The molecule has 5 nitrogen and oxygen atoms in total. The largest absolute Gasteiger partial charge is 0.374 e. The van der Waals surface area contributed by atoms with Gasteiger partial charge in [0.15, 0.2) is 0 Å². The van der Waals surface area contributed by atoms with Crippen LogP contribution >= 0.6 is 0 Å². The van der Waals surface area contributed by atoms with Crippen LogP contribution in [0, 0.1) is 11.3 Å². The van der Waals surface area contributed by atoms with Gasteiger partial charge in [-0.2, -0.15) is 0 Å². The van der Waals surface area contributed by atoms with Gasteiger partial charge in [0.05, 0.1) is 0 Å². The Morgan fingerprint density at radius 2 is 2.38 bits per heavy atom. The molecule has 21 heavy (non-hydrogen) atoms. The van der Waals surface area contributed by atoms with Gasteiger partial charge in [-0.3, -0.25) is 4.99 Å². The molecular weight excluding hydrogens is 264 g/mol. The molecule has 0 bridgehead atoms. The summed E-state index contributed by atoms with van der Waals surface area (Å²) in [4.78, 5) is 21.0. The third kappa shape index (κ3) is 2.82. The second-order valence-corrected chi connectivity index (χ2v) is 5.65. The molecule has 3 rings (SSSR count). The van der Waals surface area contributed by atoms with E-state index in [4.69, 9.17) is 5.41 Å². The van der Waals surface area contributed by atoms with Crippen molar-refractivity contribution in [2.45, 2.75) is 25.3 Å². The zero-order chi connectivity index (χ0) is 14.7. The maximum Gasteiger partial charge on any atom is 0.124 e. The molecule has 2 aliphatic rings. The number of nitrogens with one attached hydrogen (secondary N) is 2. The summed E-state index contributed by atoms with van der Waals surface area (Å²) < 4.78 is 0. The smallest absolute Gasteiger partial charge is 0.124 e. The van der Waals surface area contributed by atoms with Gasteiger partial charge in [0.1, 0.15) is 12.3 Å². The number of likely N-dealkylation sites (tertiary alicyclic amines) is 1. The SMILES string of the molecule is N=CC1N=C/C=C(/N2CCCC(C=O)C2)Cc2cc[nH]c21. The minimum atomic E-state index is -0.225. The summed E-state index contributed by atoms with van der Waals surface area (Å²) in [6, 6.07) is 1.83. The Morgan fingerprint density at radius 1 is 1.48 bits per heavy atom. The van der Waals surface area contributed by atoms with Gasteiger partial charge in [0, 0.05) is 55.4 Å². The van der Waals surface area contributed by atoms with E-state index in [2.05, 4.69) is 20.9 Å². The molecule has 2 atom stereocenters. The van der Waals surface area contributed by atoms with Crippen LogP contribution < -0.4 is 0 Å². The fraction of sp³-hybridized carbons (Fsp3) is 0.438.